The molecular weight excluding hydrogens is 304 g/mol. The van der Waals surface area contributed by atoms with Crippen molar-refractivity contribution in [2.24, 2.45) is 5.73 Å². The van der Waals surface area contributed by atoms with E-state index in [-0.39, 0.29) is 6.10 Å². The molecule has 0 aromatic heterocycles. The predicted molar refractivity (Wildman–Crippen MR) is 93.4 cm³/mol. The van der Waals surface area contributed by atoms with Gasteiger partial charge < -0.3 is 20.1 Å². The van der Waals surface area contributed by atoms with Crippen molar-refractivity contribution in [2.45, 2.75) is 19.6 Å². The number of ether oxygens (including phenoxy) is 2. The van der Waals surface area contributed by atoms with Crippen molar-refractivity contribution >= 4 is 11.6 Å². The van der Waals surface area contributed by atoms with Gasteiger partial charge in [0.25, 0.3) is 0 Å². The van der Waals surface area contributed by atoms with Gasteiger partial charge in [-0.25, -0.2) is 0 Å². The summed E-state index contributed by atoms with van der Waals surface area (Å²) in [6, 6.07) is 13.5. The van der Waals surface area contributed by atoms with E-state index in [1.54, 1.807) is 13.2 Å². The van der Waals surface area contributed by atoms with E-state index in [0.29, 0.717) is 18.7 Å². The van der Waals surface area contributed by atoms with Crippen LogP contribution in [0, 0.1) is 0 Å². The van der Waals surface area contributed by atoms with Gasteiger partial charge in [-0.3, -0.25) is 4.79 Å². The van der Waals surface area contributed by atoms with Crippen LogP contribution in [0.4, 0.5) is 5.69 Å². The molecule has 1 atom stereocenters. The largest absolute Gasteiger partial charge is 0.497 e. The van der Waals surface area contributed by atoms with Crippen molar-refractivity contribution in [3.63, 3.8) is 0 Å². The van der Waals surface area contributed by atoms with Crippen molar-refractivity contribution < 1.29 is 14.3 Å². The monoisotopic (exact) mass is 326 g/mol. The Morgan fingerprint density at radius 2 is 2.12 bits per heavy atom. The lowest BCUT2D eigenvalue weighted by Crippen LogP contribution is -2.30. The average Bonchev–Trinajstić information content (AvgIpc) is 2.59. The van der Waals surface area contributed by atoms with Crippen LogP contribution in [0.2, 0.25) is 0 Å². The van der Waals surface area contributed by atoms with Crippen LogP contribution >= 0.6 is 0 Å². The predicted octanol–water partition coefficient (Wildman–Crippen LogP) is 2.89. The number of hydrogen-bond acceptors (Lipinski definition) is 4. The molecule has 24 heavy (non-hydrogen) atoms. The Labute approximate surface area is 142 Å². The fourth-order valence-electron chi connectivity index (χ4n) is 3.03. The zero-order valence-electron chi connectivity index (χ0n) is 14.0. The number of rotatable bonds is 3. The lowest BCUT2D eigenvalue weighted by molar-refractivity contribution is 0.0672. The number of carbonyl (C=O) groups excluding carboxylic acids is 1. The highest BCUT2D eigenvalue weighted by Gasteiger charge is 2.20. The van der Waals surface area contributed by atoms with Crippen LogP contribution in [0.15, 0.2) is 42.5 Å². The number of nitrogens with zero attached hydrogens (tertiary/aromatic N) is 1. The first-order valence-corrected chi connectivity index (χ1v) is 8.01. The molecule has 5 nitrogen and oxygen atoms in total. The molecule has 2 aromatic rings. The average molecular weight is 326 g/mol. The van der Waals surface area contributed by atoms with Crippen molar-refractivity contribution in [3.8, 4) is 5.75 Å². The fourth-order valence-corrected chi connectivity index (χ4v) is 3.03. The van der Waals surface area contributed by atoms with Crippen LogP contribution in [-0.2, 0) is 11.3 Å². The van der Waals surface area contributed by atoms with E-state index in [0.717, 1.165) is 29.1 Å². The Balaban J connectivity index is 1.98. The number of hydrogen-bond donors (Lipinski definition) is 1. The summed E-state index contributed by atoms with van der Waals surface area (Å²) in [5.74, 6) is 0.399. The number of benzene rings is 2. The van der Waals surface area contributed by atoms with Crippen molar-refractivity contribution in [1.29, 1.82) is 0 Å². The SMILES string of the molecule is COc1cccc(N2CCOC(C)c3ccc(C(N)=O)cc3C2)c1. The van der Waals surface area contributed by atoms with Gasteiger partial charge in [0.05, 0.1) is 19.8 Å². The van der Waals surface area contributed by atoms with E-state index in [1.807, 2.05) is 43.3 Å². The summed E-state index contributed by atoms with van der Waals surface area (Å²) in [6.45, 7) is 4.12. The zero-order valence-corrected chi connectivity index (χ0v) is 14.0. The van der Waals surface area contributed by atoms with Gasteiger partial charge in [0.2, 0.25) is 5.91 Å². The van der Waals surface area contributed by atoms with Crippen LogP contribution in [0.25, 0.3) is 0 Å². The number of anilines is 1. The molecular formula is C19H22N2O3. The number of primary amides is 1. The molecule has 0 fully saturated rings. The molecule has 126 valence electrons. The van der Waals surface area contributed by atoms with Gasteiger partial charge in [0.1, 0.15) is 5.75 Å². The number of fused-ring (bicyclic) bond motifs is 1. The highest BCUT2D eigenvalue weighted by Crippen LogP contribution is 2.29. The molecule has 1 aliphatic heterocycles. The summed E-state index contributed by atoms with van der Waals surface area (Å²) < 4.78 is 11.2. The van der Waals surface area contributed by atoms with E-state index >= 15 is 0 Å². The molecule has 2 aromatic carbocycles. The topological polar surface area (TPSA) is 64.8 Å². The summed E-state index contributed by atoms with van der Waals surface area (Å²) in [4.78, 5) is 13.7. The second kappa shape index (κ2) is 6.93. The molecule has 0 bridgehead atoms. The quantitative estimate of drug-likeness (QED) is 0.942. The van der Waals surface area contributed by atoms with Gasteiger partial charge >= 0.3 is 0 Å². The molecule has 1 aliphatic rings. The van der Waals surface area contributed by atoms with Crippen LogP contribution in [-0.4, -0.2) is 26.2 Å². The number of methoxy groups -OCH3 is 1. The summed E-state index contributed by atoms with van der Waals surface area (Å²) in [5.41, 5.74) is 9.16. The highest BCUT2D eigenvalue weighted by molar-refractivity contribution is 5.93. The summed E-state index contributed by atoms with van der Waals surface area (Å²) >= 11 is 0. The van der Waals surface area contributed by atoms with Gasteiger partial charge in [-0.15, -0.1) is 0 Å². The fraction of sp³-hybridized carbons (Fsp3) is 0.316. The lowest BCUT2D eigenvalue weighted by atomic mass is 9.98. The van der Waals surface area contributed by atoms with Gasteiger partial charge in [0, 0.05) is 30.4 Å². The smallest absolute Gasteiger partial charge is 0.248 e. The molecule has 0 saturated heterocycles. The minimum absolute atomic E-state index is 0.00520. The zero-order chi connectivity index (χ0) is 17.1. The molecule has 5 heteroatoms. The summed E-state index contributed by atoms with van der Waals surface area (Å²) in [6.07, 6.45) is -0.00520. The molecule has 1 unspecified atom stereocenters. The maximum atomic E-state index is 11.5. The van der Waals surface area contributed by atoms with Crippen LogP contribution in [0.3, 0.4) is 0 Å². The Kier molecular flexibility index (Phi) is 4.71. The number of carbonyl (C=O) groups is 1. The molecule has 1 heterocycles. The molecule has 2 N–H and O–H groups in total. The first-order valence-electron chi connectivity index (χ1n) is 8.01. The second-order valence-electron chi connectivity index (χ2n) is 5.91. The number of nitrogens with two attached hydrogens (primary N) is 1. The standard InChI is InChI=1S/C19H22N2O3/c1-13-18-7-6-14(19(20)22)10-15(18)12-21(8-9-24-13)16-4-3-5-17(11-16)23-2/h3-7,10-11,13H,8-9,12H2,1-2H3,(H2,20,22). The summed E-state index contributed by atoms with van der Waals surface area (Å²) in [5, 5.41) is 0. The molecule has 3 rings (SSSR count). The molecule has 0 spiro atoms. The Bertz CT molecular complexity index is 745. The van der Waals surface area contributed by atoms with E-state index in [1.165, 1.54) is 0 Å². The first-order chi connectivity index (χ1) is 11.6. The van der Waals surface area contributed by atoms with E-state index in [2.05, 4.69) is 4.90 Å². The third-order valence-corrected chi connectivity index (χ3v) is 4.37. The maximum absolute atomic E-state index is 11.5. The maximum Gasteiger partial charge on any atom is 0.248 e. The Hall–Kier alpha value is -2.53. The highest BCUT2D eigenvalue weighted by atomic mass is 16.5. The molecule has 0 aliphatic carbocycles. The van der Waals surface area contributed by atoms with Crippen LogP contribution < -0.4 is 15.4 Å². The van der Waals surface area contributed by atoms with Gasteiger partial charge in [-0.2, -0.15) is 0 Å². The third kappa shape index (κ3) is 3.36. The van der Waals surface area contributed by atoms with Gasteiger partial charge in [0.15, 0.2) is 0 Å². The number of amides is 1. The minimum atomic E-state index is -0.415. The molecule has 0 saturated carbocycles. The summed E-state index contributed by atoms with van der Waals surface area (Å²) in [7, 11) is 1.66. The normalized spacial score (nSPS) is 17.6. The van der Waals surface area contributed by atoms with Crippen molar-refractivity contribution in [1.82, 2.24) is 0 Å². The van der Waals surface area contributed by atoms with Crippen LogP contribution in [0.1, 0.15) is 34.5 Å². The van der Waals surface area contributed by atoms with Crippen molar-refractivity contribution in [3.05, 3.63) is 59.2 Å². The van der Waals surface area contributed by atoms with Crippen LogP contribution in [0.5, 0.6) is 5.75 Å². The van der Waals surface area contributed by atoms with Gasteiger partial charge in [-0.05, 0) is 42.3 Å². The van der Waals surface area contributed by atoms with Gasteiger partial charge in [-0.1, -0.05) is 12.1 Å². The Morgan fingerprint density at radius 3 is 2.88 bits per heavy atom. The lowest BCUT2D eigenvalue weighted by Gasteiger charge is -2.31. The van der Waals surface area contributed by atoms with E-state index < -0.39 is 5.91 Å². The minimum Gasteiger partial charge on any atom is -0.497 e. The van der Waals surface area contributed by atoms with E-state index in [9.17, 15) is 4.79 Å². The molecule has 1 amide bonds. The van der Waals surface area contributed by atoms with E-state index in [4.69, 9.17) is 15.2 Å². The first kappa shape index (κ1) is 16.3. The molecule has 0 radical (unpaired) electrons. The third-order valence-electron chi connectivity index (χ3n) is 4.37. The van der Waals surface area contributed by atoms with Crippen molar-refractivity contribution in [2.75, 3.05) is 25.2 Å². The second-order valence-corrected chi connectivity index (χ2v) is 5.91. The Morgan fingerprint density at radius 1 is 1.29 bits per heavy atom.